The number of rotatable bonds is 4. The minimum atomic E-state index is -0.407. The predicted molar refractivity (Wildman–Crippen MR) is 75.6 cm³/mol. The molecule has 1 atom stereocenters. The summed E-state index contributed by atoms with van der Waals surface area (Å²) >= 11 is 1.28. The highest BCUT2D eigenvalue weighted by Crippen LogP contribution is 2.24. The molecule has 0 aliphatic carbocycles. The Bertz CT molecular complexity index is 482. The minimum absolute atomic E-state index is 0.0200. The van der Waals surface area contributed by atoms with Crippen molar-refractivity contribution in [3.63, 3.8) is 0 Å². The predicted octanol–water partition coefficient (Wildman–Crippen LogP) is 1.82. The van der Waals surface area contributed by atoms with E-state index in [1.807, 2.05) is 32.8 Å². The van der Waals surface area contributed by atoms with E-state index in [9.17, 15) is 9.59 Å². The van der Waals surface area contributed by atoms with Crippen LogP contribution in [-0.2, 0) is 4.74 Å². The molecule has 106 valence electrons. The molecule has 1 aromatic heterocycles. The average Bonchev–Trinajstić information content (AvgIpc) is 2.77. The molecule has 19 heavy (non-hydrogen) atoms. The molecule has 5 nitrogen and oxygen atoms in total. The van der Waals surface area contributed by atoms with Gasteiger partial charge in [0.1, 0.15) is 4.88 Å². The molecule has 0 saturated carbocycles. The Kier molecular flexibility index (Phi) is 5.08. The van der Waals surface area contributed by atoms with Crippen LogP contribution in [0.3, 0.4) is 0 Å². The molecule has 0 saturated heterocycles. The normalized spacial score (nSPS) is 12.4. The maximum Gasteiger partial charge on any atom is 0.348 e. The summed E-state index contributed by atoms with van der Waals surface area (Å²) in [6, 6.07) is 1.60. The number of hydrogen-bond donors (Lipinski definition) is 0. The first-order valence-corrected chi connectivity index (χ1v) is 6.73. The first-order valence-electron chi connectivity index (χ1n) is 5.92. The highest BCUT2D eigenvalue weighted by molar-refractivity contribution is 7.14. The van der Waals surface area contributed by atoms with E-state index in [2.05, 4.69) is 4.74 Å². The van der Waals surface area contributed by atoms with Gasteiger partial charge < -0.3 is 9.64 Å². The van der Waals surface area contributed by atoms with Crippen LogP contribution in [-0.4, -0.2) is 56.1 Å². The van der Waals surface area contributed by atoms with Crippen LogP contribution in [0, 0.1) is 6.92 Å². The number of aryl methyl sites for hydroxylation is 1. The van der Waals surface area contributed by atoms with Gasteiger partial charge in [0.25, 0.3) is 5.91 Å². The van der Waals surface area contributed by atoms with Crippen molar-refractivity contribution in [1.82, 2.24) is 9.80 Å². The van der Waals surface area contributed by atoms with Crippen LogP contribution < -0.4 is 0 Å². The number of carbonyl (C=O) groups is 2. The van der Waals surface area contributed by atoms with Crippen molar-refractivity contribution in [1.29, 1.82) is 0 Å². The van der Waals surface area contributed by atoms with Crippen molar-refractivity contribution in [3.05, 3.63) is 21.4 Å². The minimum Gasteiger partial charge on any atom is -0.465 e. The topological polar surface area (TPSA) is 49.9 Å². The largest absolute Gasteiger partial charge is 0.465 e. The van der Waals surface area contributed by atoms with Crippen molar-refractivity contribution in [2.75, 3.05) is 28.3 Å². The van der Waals surface area contributed by atoms with Gasteiger partial charge in [0.15, 0.2) is 0 Å². The Hall–Kier alpha value is -1.40. The monoisotopic (exact) mass is 284 g/mol. The Morgan fingerprint density at radius 3 is 2.37 bits per heavy atom. The summed E-state index contributed by atoms with van der Waals surface area (Å²) in [5.41, 5.74) is 0.557. The second-order valence-electron chi connectivity index (χ2n) is 4.58. The summed E-state index contributed by atoms with van der Waals surface area (Å²) in [4.78, 5) is 28.7. The van der Waals surface area contributed by atoms with Gasteiger partial charge in [0.2, 0.25) is 0 Å². The molecule has 1 rings (SSSR count). The van der Waals surface area contributed by atoms with Crippen LogP contribution >= 0.6 is 11.3 Å². The standard InChI is InChI=1S/C13H20N2O3S/c1-8-10(7-11(19-8)13(17)18-6)12(16)15(5)9(2)14(3)4/h7,9H,1-6H3. The summed E-state index contributed by atoms with van der Waals surface area (Å²) in [6.45, 7) is 3.78. The molecule has 1 aromatic rings. The Morgan fingerprint density at radius 2 is 1.89 bits per heavy atom. The molecule has 0 spiro atoms. The number of nitrogens with zero attached hydrogens (tertiary/aromatic N) is 2. The Balaban J connectivity index is 3.00. The van der Waals surface area contributed by atoms with Crippen LogP contribution in [0.25, 0.3) is 0 Å². The smallest absolute Gasteiger partial charge is 0.348 e. The average molecular weight is 284 g/mol. The van der Waals surface area contributed by atoms with Gasteiger partial charge in [0, 0.05) is 11.9 Å². The molecule has 0 bridgehead atoms. The third kappa shape index (κ3) is 3.33. The Morgan fingerprint density at radius 1 is 1.32 bits per heavy atom. The maximum atomic E-state index is 12.4. The fraction of sp³-hybridized carbons (Fsp3) is 0.538. The quantitative estimate of drug-likeness (QED) is 0.625. The van der Waals surface area contributed by atoms with Crippen molar-refractivity contribution in [3.8, 4) is 0 Å². The van der Waals surface area contributed by atoms with Crippen molar-refractivity contribution < 1.29 is 14.3 Å². The molecule has 0 aromatic carbocycles. The lowest BCUT2D eigenvalue weighted by Crippen LogP contribution is -2.43. The van der Waals surface area contributed by atoms with Gasteiger partial charge in [-0.25, -0.2) is 4.79 Å². The van der Waals surface area contributed by atoms with Gasteiger partial charge in [-0.2, -0.15) is 0 Å². The molecular formula is C13H20N2O3S. The summed E-state index contributed by atoms with van der Waals surface area (Å²) in [5, 5.41) is 0. The lowest BCUT2D eigenvalue weighted by Gasteiger charge is -2.30. The number of thiophene rings is 1. The summed E-state index contributed by atoms with van der Waals surface area (Å²) < 4.78 is 4.67. The highest BCUT2D eigenvalue weighted by Gasteiger charge is 2.23. The molecule has 6 heteroatoms. The fourth-order valence-electron chi connectivity index (χ4n) is 1.60. The molecular weight excluding hydrogens is 264 g/mol. The van der Waals surface area contributed by atoms with Crippen LogP contribution in [0.5, 0.6) is 0 Å². The molecule has 1 heterocycles. The van der Waals surface area contributed by atoms with Gasteiger partial charge >= 0.3 is 5.97 Å². The van der Waals surface area contributed by atoms with Gasteiger partial charge in [-0.15, -0.1) is 11.3 Å². The lowest BCUT2D eigenvalue weighted by molar-refractivity contribution is 0.0586. The van der Waals surface area contributed by atoms with Gasteiger partial charge in [-0.1, -0.05) is 0 Å². The Labute approximate surface area is 117 Å². The SMILES string of the molecule is COC(=O)c1cc(C(=O)N(C)C(C)N(C)C)c(C)s1. The van der Waals surface area contributed by atoms with E-state index in [1.165, 1.54) is 18.4 Å². The first-order chi connectivity index (χ1) is 8.79. The zero-order valence-corrected chi connectivity index (χ0v) is 13.0. The molecule has 0 aliphatic heterocycles. The van der Waals surface area contributed by atoms with Gasteiger partial charge in [0.05, 0.1) is 18.8 Å². The summed E-state index contributed by atoms with van der Waals surface area (Å²) in [7, 11) is 6.91. The molecule has 1 unspecified atom stereocenters. The van der Waals surface area contributed by atoms with Crippen molar-refractivity contribution in [2.24, 2.45) is 0 Å². The van der Waals surface area contributed by atoms with E-state index in [4.69, 9.17) is 0 Å². The van der Waals surface area contributed by atoms with Gasteiger partial charge in [-0.05, 0) is 34.0 Å². The van der Waals surface area contributed by atoms with Crippen LogP contribution in [0.15, 0.2) is 6.07 Å². The van der Waals surface area contributed by atoms with Crippen LogP contribution in [0.4, 0.5) is 0 Å². The van der Waals surface area contributed by atoms with E-state index in [-0.39, 0.29) is 12.1 Å². The number of hydrogen-bond acceptors (Lipinski definition) is 5. The maximum absolute atomic E-state index is 12.4. The number of ether oxygens (including phenoxy) is 1. The van der Waals surface area contributed by atoms with Crippen molar-refractivity contribution in [2.45, 2.75) is 20.0 Å². The number of amides is 1. The van der Waals surface area contributed by atoms with Crippen LogP contribution in [0.2, 0.25) is 0 Å². The zero-order chi connectivity index (χ0) is 14.7. The molecule has 0 radical (unpaired) electrons. The zero-order valence-electron chi connectivity index (χ0n) is 12.2. The lowest BCUT2D eigenvalue weighted by atomic mass is 10.2. The second kappa shape index (κ2) is 6.16. The van der Waals surface area contributed by atoms with E-state index >= 15 is 0 Å². The van der Waals surface area contributed by atoms with Crippen LogP contribution in [0.1, 0.15) is 31.8 Å². The molecule has 0 fully saturated rings. The highest BCUT2D eigenvalue weighted by atomic mass is 32.1. The summed E-state index contributed by atoms with van der Waals surface area (Å²) in [5.74, 6) is -0.499. The molecule has 1 amide bonds. The van der Waals surface area contributed by atoms with E-state index < -0.39 is 5.97 Å². The second-order valence-corrected chi connectivity index (χ2v) is 5.84. The number of esters is 1. The molecule has 0 N–H and O–H groups in total. The summed E-state index contributed by atoms with van der Waals surface area (Å²) in [6.07, 6.45) is -0.0200. The fourth-order valence-corrected chi connectivity index (χ4v) is 2.53. The van der Waals surface area contributed by atoms with E-state index in [1.54, 1.807) is 18.0 Å². The van der Waals surface area contributed by atoms with E-state index in [0.29, 0.717) is 10.4 Å². The number of methoxy groups -OCH3 is 1. The molecule has 0 aliphatic rings. The van der Waals surface area contributed by atoms with E-state index in [0.717, 1.165) is 4.88 Å². The van der Waals surface area contributed by atoms with Gasteiger partial charge in [-0.3, -0.25) is 9.69 Å². The van der Waals surface area contributed by atoms with Crippen molar-refractivity contribution >= 4 is 23.2 Å². The number of carbonyl (C=O) groups excluding carboxylic acids is 2. The first kappa shape index (κ1) is 15.7. The third-order valence-electron chi connectivity index (χ3n) is 3.16. The third-order valence-corrected chi connectivity index (χ3v) is 4.19.